The van der Waals surface area contributed by atoms with E-state index in [0.717, 1.165) is 57.4 Å². The molecule has 0 spiro atoms. The van der Waals surface area contributed by atoms with Crippen LogP contribution in [-0.4, -0.2) is 34.0 Å². The SMILES string of the molecule is Cc1nc(CCC2CCN(C(=O)C3CC3)CC2)no1. The van der Waals surface area contributed by atoms with Gasteiger partial charge in [0, 0.05) is 32.4 Å². The van der Waals surface area contributed by atoms with E-state index in [4.69, 9.17) is 4.52 Å². The molecule has 5 heteroatoms. The monoisotopic (exact) mass is 263 g/mol. The Labute approximate surface area is 113 Å². The number of rotatable bonds is 4. The van der Waals surface area contributed by atoms with Crippen molar-refractivity contribution >= 4 is 5.91 Å². The summed E-state index contributed by atoms with van der Waals surface area (Å²) in [6, 6.07) is 0. The first kappa shape index (κ1) is 12.6. The molecule has 0 atom stereocenters. The molecule has 1 aromatic heterocycles. The van der Waals surface area contributed by atoms with Crippen LogP contribution < -0.4 is 0 Å². The number of nitrogens with zero attached hydrogens (tertiary/aromatic N) is 3. The smallest absolute Gasteiger partial charge is 0.225 e. The molecule has 19 heavy (non-hydrogen) atoms. The summed E-state index contributed by atoms with van der Waals surface area (Å²) in [5, 5.41) is 3.92. The Kier molecular flexibility index (Phi) is 3.53. The topological polar surface area (TPSA) is 59.2 Å². The first-order valence-corrected chi connectivity index (χ1v) is 7.30. The average molecular weight is 263 g/mol. The van der Waals surface area contributed by atoms with Crippen LogP contribution in [0.2, 0.25) is 0 Å². The van der Waals surface area contributed by atoms with Gasteiger partial charge in [0.2, 0.25) is 11.8 Å². The Morgan fingerprint density at radius 1 is 1.32 bits per heavy atom. The van der Waals surface area contributed by atoms with Crippen molar-refractivity contribution in [3.63, 3.8) is 0 Å². The van der Waals surface area contributed by atoms with Crippen LogP contribution in [0.25, 0.3) is 0 Å². The molecule has 1 aliphatic carbocycles. The normalized spacial score (nSPS) is 20.8. The molecule has 2 fully saturated rings. The van der Waals surface area contributed by atoms with Crippen molar-refractivity contribution in [1.29, 1.82) is 0 Å². The van der Waals surface area contributed by atoms with Crippen molar-refractivity contribution < 1.29 is 9.32 Å². The Morgan fingerprint density at radius 2 is 2.05 bits per heavy atom. The van der Waals surface area contributed by atoms with Gasteiger partial charge in [-0.25, -0.2) is 0 Å². The molecule has 0 bridgehead atoms. The fourth-order valence-corrected chi connectivity index (χ4v) is 2.81. The van der Waals surface area contributed by atoms with Crippen molar-refractivity contribution in [2.75, 3.05) is 13.1 Å². The molecule has 1 amide bonds. The van der Waals surface area contributed by atoms with E-state index in [0.29, 0.717) is 23.6 Å². The Hall–Kier alpha value is -1.39. The molecule has 1 saturated carbocycles. The number of aromatic nitrogens is 2. The van der Waals surface area contributed by atoms with Crippen LogP contribution in [0.5, 0.6) is 0 Å². The maximum atomic E-state index is 11.9. The predicted octanol–water partition coefficient (Wildman–Crippen LogP) is 1.96. The highest BCUT2D eigenvalue weighted by Gasteiger charge is 2.34. The molecule has 104 valence electrons. The number of piperidine rings is 1. The third-order valence-corrected chi connectivity index (χ3v) is 4.20. The number of likely N-dealkylation sites (tertiary alicyclic amines) is 1. The molecule has 0 radical (unpaired) electrons. The predicted molar refractivity (Wildman–Crippen MR) is 69.4 cm³/mol. The van der Waals surface area contributed by atoms with Gasteiger partial charge in [-0.05, 0) is 38.0 Å². The van der Waals surface area contributed by atoms with Crippen molar-refractivity contribution in [2.45, 2.75) is 45.4 Å². The molecule has 1 aromatic rings. The lowest BCUT2D eigenvalue weighted by Crippen LogP contribution is -2.39. The van der Waals surface area contributed by atoms with Gasteiger partial charge in [-0.2, -0.15) is 4.98 Å². The van der Waals surface area contributed by atoms with Crippen LogP contribution in [0, 0.1) is 18.8 Å². The third-order valence-electron chi connectivity index (χ3n) is 4.20. The summed E-state index contributed by atoms with van der Waals surface area (Å²) in [7, 11) is 0. The van der Waals surface area contributed by atoms with Crippen molar-refractivity contribution in [3.05, 3.63) is 11.7 Å². The molecule has 3 rings (SSSR count). The van der Waals surface area contributed by atoms with E-state index in [-0.39, 0.29) is 0 Å². The largest absolute Gasteiger partial charge is 0.342 e. The summed E-state index contributed by atoms with van der Waals surface area (Å²) in [5.41, 5.74) is 0. The lowest BCUT2D eigenvalue weighted by atomic mass is 9.92. The molecular formula is C14H21N3O2. The van der Waals surface area contributed by atoms with Gasteiger partial charge in [0.1, 0.15) is 0 Å². The number of hydrogen-bond donors (Lipinski definition) is 0. The van der Waals surface area contributed by atoms with Crippen LogP contribution in [0.4, 0.5) is 0 Å². The molecule has 2 heterocycles. The van der Waals surface area contributed by atoms with Crippen LogP contribution >= 0.6 is 0 Å². The van der Waals surface area contributed by atoms with Gasteiger partial charge in [-0.3, -0.25) is 4.79 Å². The minimum absolute atomic E-state index is 0.360. The summed E-state index contributed by atoms with van der Waals surface area (Å²) in [6.07, 6.45) is 6.44. The number of aryl methyl sites for hydroxylation is 2. The number of carbonyl (C=O) groups excluding carboxylic acids is 1. The third kappa shape index (κ3) is 3.14. The minimum Gasteiger partial charge on any atom is -0.342 e. The zero-order valence-corrected chi connectivity index (χ0v) is 11.5. The van der Waals surface area contributed by atoms with E-state index in [9.17, 15) is 4.79 Å². The summed E-state index contributed by atoms with van der Waals surface area (Å²) in [6.45, 7) is 3.69. The van der Waals surface area contributed by atoms with Crippen molar-refractivity contribution in [1.82, 2.24) is 15.0 Å². The lowest BCUT2D eigenvalue weighted by molar-refractivity contribution is -0.133. The maximum Gasteiger partial charge on any atom is 0.225 e. The molecule has 1 aliphatic heterocycles. The standard InChI is InChI=1S/C14H21N3O2/c1-10-15-13(16-19-10)5-2-11-6-8-17(9-7-11)14(18)12-3-4-12/h11-12H,2-9H2,1H3. The number of carbonyl (C=O) groups is 1. The van der Waals surface area contributed by atoms with E-state index in [1.165, 1.54) is 0 Å². The van der Waals surface area contributed by atoms with Gasteiger partial charge in [-0.1, -0.05) is 5.16 Å². The van der Waals surface area contributed by atoms with Gasteiger partial charge in [0.25, 0.3) is 0 Å². The van der Waals surface area contributed by atoms with Gasteiger partial charge in [0.15, 0.2) is 5.82 Å². The fourth-order valence-electron chi connectivity index (χ4n) is 2.81. The quantitative estimate of drug-likeness (QED) is 0.833. The lowest BCUT2D eigenvalue weighted by Gasteiger charge is -2.32. The molecule has 2 aliphatic rings. The number of amides is 1. The molecule has 0 N–H and O–H groups in total. The van der Waals surface area contributed by atoms with Crippen LogP contribution in [-0.2, 0) is 11.2 Å². The molecule has 0 aromatic carbocycles. The van der Waals surface area contributed by atoms with E-state index in [2.05, 4.69) is 15.0 Å². The molecule has 0 unspecified atom stereocenters. The zero-order chi connectivity index (χ0) is 13.2. The fraction of sp³-hybridized carbons (Fsp3) is 0.786. The highest BCUT2D eigenvalue weighted by Crippen LogP contribution is 2.32. The van der Waals surface area contributed by atoms with Crippen LogP contribution in [0.1, 0.15) is 43.8 Å². The van der Waals surface area contributed by atoms with E-state index in [1.807, 2.05) is 6.92 Å². The molecular weight excluding hydrogens is 242 g/mol. The second-order valence-electron chi connectivity index (χ2n) is 5.81. The highest BCUT2D eigenvalue weighted by molar-refractivity contribution is 5.81. The van der Waals surface area contributed by atoms with Crippen LogP contribution in [0.15, 0.2) is 4.52 Å². The summed E-state index contributed by atoms with van der Waals surface area (Å²) >= 11 is 0. The second kappa shape index (κ2) is 5.31. The second-order valence-corrected chi connectivity index (χ2v) is 5.81. The average Bonchev–Trinajstić information content (AvgIpc) is 3.19. The van der Waals surface area contributed by atoms with E-state index in [1.54, 1.807) is 0 Å². The first-order chi connectivity index (χ1) is 9.22. The zero-order valence-electron chi connectivity index (χ0n) is 11.5. The Balaban J connectivity index is 1.41. The van der Waals surface area contributed by atoms with Gasteiger partial charge < -0.3 is 9.42 Å². The summed E-state index contributed by atoms with van der Waals surface area (Å²) in [5.74, 6) is 2.90. The molecule has 1 saturated heterocycles. The number of hydrogen-bond acceptors (Lipinski definition) is 4. The van der Waals surface area contributed by atoms with Gasteiger partial charge >= 0.3 is 0 Å². The molecule has 5 nitrogen and oxygen atoms in total. The Morgan fingerprint density at radius 3 is 2.63 bits per heavy atom. The van der Waals surface area contributed by atoms with E-state index < -0.39 is 0 Å². The first-order valence-electron chi connectivity index (χ1n) is 7.30. The highest BCUT2D eigenvalue weighted by atomic mass is 16.5. The van der Waals surface area contributed by atoms with Crippen molar-refractivity contribution in [3.8, 4) is 0 Å². The summed E-state index contributed by atoms with van der Waals surface area (Å²) in [4.78, 5) is 18.2. The minimum atomic E-state index is 0.360. The van der Waals surface area contributed by atoms with Crippen LogP contribution in [0.3, 0.4) is 0 Å². The maximum absolute atomic E-state index is 11.9. The van der Waals surface area contributed by atoms with Gasteiger partial charge in [-0.15, -0.1) is 0 Å². The Bertz CT molecular complexity index is 445. The van der Waals surface area contributed by atoms with Crippen molar-refractivity contribution in [2.24, 2.45) is 11.8 Å². The van der Waals surface area contributed by atoms with Gasteiger partial charge in [0.05, 0.1) is 0 Å². The summed E-state index contributed by atoms with van der Waals surface area (Å²) < 4.78 is 4.97. The van der Waals surface area contributed by atoms with E-state index >= 15 is 0 Å².